The molecule has 0 atom stereocenters. The number of halogens is 2. The van der Waals surface area contributed by atoms with Gasteiger partial charge in [-0.15, -0.1) is 0 Å². The maximum atomic E-state index is 12.5. The smallest absolute Gasteiger partial charge is 0.255 e. The second kappa shape index (κ2) is 7.51. The summed E-state index contributed by atoms with van der Waals surface area (Å²) in [6.07, 6.45) is 0. The van der Waals surface area contributed by atoms with Crippen molar-refractivity contribution in [3.8, 4) is 0 Å². The normalized spacial score (nSPS) is 14.6. The van der Waals surface area contributed by atoms with E-state index in [0.29, 0.717) is 23.8 Å². The van der Waals surface area contributed by atoms with E-state index in [-0.39, 0.29) is 5.91 Å². The summed E-state index contributed by atoms with van der Waals surface area (Å²) >= 11 is 8.33. The molecule has 0 radical (unpaired) electrons. The van der Waals surface area contributed by atoms with Crippen LogP contribution in [0.5, 0.6) is 0 Å². The largest absolute Gasteiger partial charge is 0.378 e. The van der Waals surface area contributed by atoms with Gasteiger partial charge < -0.3 is 15.0 Å². The number of carbonyl (C=O) groups is 1. The minimum Gasteiger partial charge on any atom is -0.378 e. The Kier molecular flexibility index (Phi) is 5.40. The minimum atomic E-state index is -0.141. The zero-order chi connectivity index (χ0) is 16.2. The fraction of sp³-hybridized carbons (Fsp3) is 0.235. The van der Waals surface area contributed by atoms with Crippen LogP contribution >= 0.6 is 34.2 Å². The molecule has 0 aliphatic carbocycles. The van der Waals surface area contributed by atoms with Gasteiger partial charge in [0, 0.05) is 27.2 Å². The standard InChI is InChI=1S/C17H16ClIN2O2/c18-13-3-6-16(21-7-9-23-10-8-21)15(11-13)20-17(22)12-1-4-14(19)5-2-12/h1-6,11H,7-10H2,(H,20,22). The van der Waals surface area contributed by atoms with Gasteiger partial charge in [-0.05, 0) is 65.1 Å². The molecule has 2 aromatic carbocycles. The first-order chi connectivity index (χ1) is 11.1. The van der Waals surface area contributed by atoms with Gasteiger partial charge in [0.05, 0.1) is 24.6 Å². The number of hydrogen-bond acceptors (Lipinski definition) is 3. The van der Waals surface area contributed by atoms with Gasteiger partial charge in [-0.3, -0.25) is 4.79 Å². The molecule has 6 heteroatoms. The van der Waals surface area contributed by atoms with E-state index in [9.17, 15) is 4.79 Å². The van der Waals surface area contributed by atoms with Crippen molar-refractivity contribution in [3.63, 3.8) is 0 Å². The van der Waals surface area contributed by atoms with Gasteiger partial charge >= 0.3 is 0 Å². The maximum Gasteiger partial charge on any atom is 0.255 e. The van der Waals surface area contributed by atoms with Crippen LogP contribution in [0.3, 0.4) is 0 Å². The van der Waals surface area contributed by atoms with E-state index in [1.165, 1.54) is 0 Å². The van der Waals surface area contributed by atoms with Gasteiger partial charge in [0.25, 0.3) is 5.91 Å². The Morgan fingerprint density at radius 1 is 1.13 bits per heavy atom. The van der Waals surface area contributed by atoms with Crippen molar-refractivity contribution in [1.82, 2.24) is 0 Å². The van der Waals surface area contributed by atoms with E-state index in [2.05, 4.69) is 32.8 Å². The van der Waals surface area contributed by atoms with E-state index in [0.717, 1.165) is 28.0 Å². The average molecular weight is 443 g/mol. The Bertz CT molecular complexity index is 700. The predicted molar refractivity (Wildman–Crippen MR) is 102 cm³/mol. The summed E-state index contributed by atoms with van der Waals surface area (Å²) in [5.74, 6) is -0.141. The lowest BCUT2D eigenvalue weighted by molar-refractivity contribution is 0.102. The summed E-state index contributed by atoms with van der Waals surface area (Å²) in [6, 6.07) is 13.0. The molecular formula is C17H16ClIN2O2. The number of carbonyl (C=O) groups excluding carboxylic acids is 1. The lowest BCUT2D eigenvalue weighted by Gasteiger charge is -2.30. The molecule has 1 saturated heterocycles. The van der Waals surface area contributed by atoms with E-state index in [4.69, 9.17) is 16.3 Å². The molecule has 3 rings (SSSR count). The summed E-state index contributed by atoms with van der Waals surface area (Å²) in [5, 5.41) is 3.57. The van der Waals surface area contributed by atoms with Crippen LogP contribution in [0, 0.1) is 3.57 Å². The zero-order valence-electron chi connectivity index (χ0n) is 12.4. The molecule has 1 aliphatic rings. The topological polar surface area (TPSA) is 41.6 Å². The van der Waals surface area contributed by atoms with Gasteiger partial charge in [-0.2, -0.15) is 0 Å². The molecule has 1 amide bonds. The van der Waals surface area contributed by atoms with Crippen molar-refractivity contribution >= 4 is 51.5 Å². The number of anilines is 2. The number of morpholine rings is 1. The molecule has 0 bridgehead atoms. The maximum absolute atomic E-state index is 12.5. The predicted octanol–water partition coefficient (Wildman–Crippen LogP) is 4.03. The summed E-state index contributed by atoms with van der Waals surface area (Å²) in [6.45, 7) is 2.97. The van der Waals surface area contributed by atoms with Crippen LogP contribution in [0.2, 0.25) is 5.02 Å². The SMILES string of the molecule is O=C(Nc1cc(Cl)ccc1N1CCOCC1)c1ccc(I)cc1. The summed E-state index contributed by atoms with van der Waals surface area (Å²) in [5.41, 5.74) is 2.32. The molecule has 2 aromatic rings. The molecular weight excluding hydrogens is 427 g/mol. The Morgan fingerprint density at radius 3 is 2.52 bits per heavy atom. The monoisotopic (exact) mass is 442 g/mol. The molecule has 0 aromatic heterocycles. The van der Waals surface area contributed by atoms with Crippen molar-refractivity contribution in [2.45, 2.75) is 0 Å². The summed E-state index contributed by atoms with van der Waals surface area (Å²) in [7, 11) is 0. The highest BCUT2D eigenvalue weighted by molar-refractivity contribution is 14.1. The van der Waals surface area contributed by atoms with Crippen LogP contribution in [-0.4, -0.2) is 32.2 Å². The highest BCUT2D eigenvalue weighted by atomic mass is 127. The van der Waals surface area contributed by atoms with Gasteiger partial charge in [-0.1, -0.05) is 11.6 Å². The molecule has 120 valence electrons. The van der Waals surface area contributed by atoms with Crippen LogP contribution in [0.1, 0.15) is 10.4 Å². The third-order valence-electron chi connectivity index (χ3n) is 3.66. The van der Waals surface area contributed by atoms with Gasteiger partial charge in [0.2, 0.25) is 0 Å². The Labute approximate surface area is 153 Å². The van der Waals surface area contributed by atoms with Gasteiger partial charge in [0.15, 0.2) is 0 Å². The van der Waals surface area contributed by atoms with Crippen molar-refractivity contribution in [2.75, 3.05) is 36.5 Å². The Balaban J connectivity index is 1.84. The number of benzene rings is 2. The first-order valence-corrected chi connectivity index (χ1v) is 8.78. The van der Waals surface area contributed by atoms with Crippen LogP contribution in [0.15, 0.2) is 42.5 Å². The Hall–Kier alpha value is -1.31. The molecule has 23 heavy (non-hydrogen) atoms. The third-order valence-corrected chi connectivity index (χ3v) is 4.62. The molecule has 4 nitrogen and oxygen atoms in total. The zero-order valence-corrected chi connectivity index (χ0v) is 15.3. The van der Waals surface area contributed by atoms with Crippen LogP contribution in [-0.2, 0) is 4.74 Å². The van der Waals surface area contributed by atoms with E-state index in [1.54, 1.807) is 6.07 Å². The third kappa shape index (κ3) is 4.16. The quantitative estimate of drug-likeness (QED) is 0.730. The summed E-state index contributed by atoms with van der Waals surface area (Å²) < 4.78 is 6.48. The number of hydrogen-bond donors (Lipinski definition) is 1. The fourth-order valence-electron chi connectivity index (χ4n) is 2.48. The van der Waals surface area contributed by atoms with Crippen molar-refractivity contribution in [2.24, 2.45) is 0 Å². The number of rotatable bonds is 3. The van der Waals surface area contributed by atoms with Crippen molar-refractivity contribution < 1.29 is 9.53 Å². The Morgan fingerprint density at radius 2 is 1.83 bits per heavy atom. The first-order valence-electron chi connectivity index (χ1n) is 7.32. The fourth-order valence-corrected chi connectivity index (χ4v) is 3.02. The second-order valence-corrected chi connectivity index (χ2v) is 6.90. The van der Waals surface area contributed by atoms with Crippen molar-refractivity contribution in [1.29, 1.82) is 0 Å². The van der Waals surface area contributed by atoms with Gasteiger partial charge in [-0.25, -0.2) is 0 Å². The average Bonchev–Trinajstić information content (AvgIpc) is 2.56. The first kappa shape index (κ1) is 16.5. The van der Waals surface area contributed by atoms with Crippen molar-refractivity contribution in [3.05, 3.63) is 56.6 Å². The number of ether oxygens (including phenoxy) is 1. The lowest BCUT2D eigenvalue weighted by atomic mass is 10.2. The molecule has 0 unspecified atom stereocenters. The number of nitrogens with zero attached hydrogens (tertiary/aromatic N) is 1. The lowest BCUT2D eigenvalue weighted by Crippen LogP contribution is -2.36. The number of amides is 1. The van der Waals surface area contributed by atoms with Crippen LogP contribution in [0.25, 0.3) is 0 Å². The molecule has 0 spiro atoms. The van der Waals surface area contributed by atoms with E-state index < -0.39 is 0 Å². The van der Waals surface area contributed by atoms with E-state index >= 15 is 0 Å². The van der Waals surface area contributed by atoms with E-state index in [1.807, 2.05) is 36.4 Å². The summed E-state index contributed by atoms with van der Waals surface area (Å²) in [4.78, 5) is 14.7. The minimum absolute atomic E-state index is 0.141. The highest BCUT2D eigenvalue weighted by Gasteiger charge is 2.17. The molecule has 0 saturated carbocycles. The molecule has 1 aliphatic heterocycles. The molecule has 1 fully saturated rings. The number of nitrogens with one attached hydrogen (secondary N) is 1. The van der Waals surface area contributed by atoms with Crippen LogP contribution in [0.4, 0.5) is 11.4 Å². The van der Waals surface area contributed by atoms with Crippen LogP contribution < -0.4 is 10.2 Å². The van der Waals surface area contributed by atoms with Gasteiger partial charge in [0.1, 0.15) is 0 Å². The molecule has 1 N–H and O–H groups in total. The second-order valence-electron chi connectivity index (χ2n) is 5.22. The highest BCUT2D eigenvalue weighted by Crippen LogP contribution is 2.30. The molecule has 1 heterocycles.